The van der Waals surface area contributed by atoms with Gasteiger partial charge in [0.2, 0.25) is 0 Å². The summed E-state index contributed by atoms with van der Waals surface area (Å²) >= 11 is 0. The lowest BCUT2D eigenvalue weighted by Gasteiger charge is -2.24. The van der Waals surface area contributed by atoms with Gasteiger partial charge >= 0.3 is 0 Å². The summed E-state index contributed by atoms with van der Waals surface area (Å²) in [5, 5.41) is 0. The topological polar surface area (TPSA) is 32.5 Å². The number of likely N-dealkylation sites (tertiary alicyclic amines) is 2. The summed E-state index contributed by atoms with van der Waals surface area (Å²) < 4.78 is 0. The molecule has 0 aromatic rings. The lowest BCUT2D eigenvalue weighted by atomic mass is 10.2. The van der Waals surface area contributed by atoms with E-state index in [0.717, 1.165) is 6.54 Å². The zero-order valence-corrected chi connectivity index (χ0v) is 9.83. The minimum atomic E-state index is 0.684. The van der Waals surface area contributed by atoms with Crippen LogP contribution in [0.25, 0.3) is 0 Å². The Morgan fingerprint density at radius 2 is 1.80 bits per heavy atom. The van der Waals surface area contributed by atoms with Gasteiger partial charge in [-0.15, -0.1) is 0 Å². The van der Waals surface area contributed by atoms with Crippen LogP contribution in [0.2, 0.25) is 0 Å². The molecule has 0 saturated carbocycles. The summed E-state index contributed by atoms with van der Waals surface area (Å²) in [7, 11) is 0. The molecule has 2 fully saturated rings. The van der Waals surface area contributed by atoms with Crippen LogP contribution in [0.3, 0.4) is 0 Å². The first-order valence-corrected chi connectivity index (χ1v) is 6.56. The molecule has 0 aromatic carbocycles. The molecule has 2 N–H and O–H groups in total. The molecule has 1 atom stereocenters. The first-order valence-electron chi connectivity index (χ1n) is 6.56. The zero-order chi connectivity index (χ0) is 10.5. The van der Waals surface area contributed by atoms with E-state index in [9.17, 15) is 0 Å². The van der Waals surface area contributed by atoms with Crippen LogP contribution in [0.4, 0.5) is 0 Å². The SMILES string of the molecule is NCC1CCCN1CCCN1CCCC1. The van der Waals surface area contributed by atoms with E-state index in [1.807, 2.05) is 0 Å². The molecule has 0 bridgehead atoms. The second kappa shape index (κ2) is 5.83. The Morgan fingerprint density at radius 3 is 2.53 bits per heavy atom. The third kappa shape index (κ3) is 3.16. The number of hydrogen-bond donors (Lipinski definition) is 1. The van der Waals surface area contributed by atoms with E-state index in [4.69, 9.17) is 5.73 Å². The van der Waals surface area contributed by atoms with Crippen molar-refractivity contribution in [2.24, 2.45) is 5.73 Å². The zero-order valence-electron chi connectivity index (χ0n) is 9.83. The second-order valence-corrected chi connectivity index (χ2v) is 4.97. The minimum absolute atomic E-state index is 0.684. The van der Waals surface area contributed by atoms with E-state index in [2.05, 4.69) is 9.80 Å². The van der Waals surface area contributed by atoms with Crippen LogP contribution in [-0.2, 0) is 0 Å². The Hall–Kier alpha value is -0.120. The van der Waals surface area contributed by atoms with Gasteiger partial charge in [-0.2, -0.15) is 0 Å². The highest BCUT2D eigenvalue weighted by atomic mass is 15.2. The van der Waals surface area contributed by atoms with E-state index in [-0.39, 0.29) is 0 Å². The number of nitrogens with two attached hydrogens (primary N) is 1. The summed E-state index contributed by atoms with van der Waals surface area (Å²) in [6, 6.07) is 0.684. The van der Waals surface area contributed by atoms with Gasteiger partial charge in [0.25, 0.3) is 0 Å². The minimum Gasteiger partial charge on any atom is -0.329 e. The van der Waals surface area contributed by atoms with Gasteiger partial charge in [-0.1, -0.05) is 0 Å². The lowest BCUT2D eigenvalue weighted by Crippen LogP contribution is -2.37. The van der Waals surface area contributed by atoms with Crippen molar-refractivity contribution in [3.8, 4) is 0 Å². The van der Waals surface area contributed by atoms with Crippen LogP contribution in [0.5, 0.6) is 0 Å². The van der Waals surface area contributed by atoms with Gasteiger partial charge in [-0.25, -0.2) is 0 Å². The predicted molar refractivity (Wildman–Crippen MR) is 63.9 cm³/mol. The molecular formula is C12H25N3. The van der Waals surface area contributed by atoms with Crippen LogP contribution in [-0.4, -0.2) is 55.1 Å². The first-order chi connectivity index (χ1) is 7.40. The fourth-order valence-electron chi connectivity index (χ4n) is 2.96. The highest BCUT2D eigenvalue weighted by Crippen LogP contribution is 2.16. The van der Waals surface area contributed by atoms with Crippen molar-refractivity contribution < 1.29 is 0 Å². The van der Waals surface area contributed by atoms with E-state index < -0.39 is 0 Å². The van der Waals surface area contributed by atoms with Crippen molar-refractivity contribution in [3.63, 3.8) is 0 Å². The molecule has 2 rings (SSSR count). The lowest BCUT2D eigenvalue weighted by molar-refractivity contribution is 0.234. The van der Waals surface area contributed by atoms with Gasteiger partial charge in [-0.3, -0.25) is 4.90 Å². The fraction of sp³-hybridized carbons (Fsp3) is 1.00. The molecule has 0 spiro atoms. The largest absolute Gasteiger partial charge is 0.329 e. The molecule has 0 aromatic heterocycles. The Labute approximate surface area is 93.6 Å². The molecule has 2 aliphatic rings. The van der Waals surface area contributed by atoms with Crippen molar-refractivity contribution in [3.05, 3.63) is 0 Å². The standard InChI is InChI=1S/C12H25N3/c13-11-12-5-3-9-15(12)10-4-8-14-6-1-2-7-14/h12H,1-11,13H2. The van der Waals surface area contributed by atoms with Crippen molar-refractivity contribution in [1.29, 1.82) is 0 Å². The summed E-state index contributed by atoms with van der Waals surface area (Å²) in [5.74, 6) is 0. The Bertz CT molecular complexity index is 178. The van der Waals surface area contributed by atoms with Crippen molar-refractivity contribution in [1.82, 2.24) is 9.80 Å². The summed E-state index contributed by atoms with van der Waals surface area (Å²) in [5.41, 5.74) is 5.77. The van der Waals surface area contributed by atoms with E-state index in [0.29, 0.717) is 6.04 Å². The van der Waals surface area contributed by atoms with Gasteiger partial charge < -0.3 is 10.6 Å². The van der Waals surface area contributed by atoms with E-state index >= 15 is 0 Å². The van der Waals surface area contributed by atoms with Crippen LogP contribution in [0, 0.1) is 0 Å². The van der Waals surface area contributed by atoms with Crippen LogP contribution < -0.4 is 5.73 Å². The average molecular weight is 211 g/mol. The normalized spacial score (nSPS) is 29.0. The average Bonchev–Trinajstić information content (AvgIpc) is 2.88. The predicted octanol–water partition coefficient (Wildman–Crippen LogP) is 0.895. The molecule has 0 amide bonds. The highest BCUT2D eigenvalue weighted by molar-refractivity contribution is 4.80. The van der Waals surface area contributed by atoms with Crippen LogP contribution in [0.1, 0.15) is 32.1 Å². The molecule has 3 heteroatoms. The monoisotopic (exact) mass is 211 g/mol. The van der Waals surface area contributed by atoms with Gasteiger partial charge in [0, 0.05) is 12.6 Å². The van der Waals surface area contributed by atoms with Gasteiger partial charge in [0.05, 0.1) is 0 Å². The molecule has 2 aliphatic heterocycles. The molecule has 15 heavy (non-hydrogen) atoms. The summed E-state index contributed by atoms with van der Waals surface area (Å²) in [6.07, 6.45) is 6.83. The molecule has 0 radical (unpaired) electrons. The Morgan fingerprint density at radius 1 is 1.00 bits per heavy atom. The molecule has 2 heterocycles. The molecule has 1 unspecified atom stereocenters. The maximum absolute atomic E-state index is 5.77. The number of hydrogen-bond acceptors (Lipinski definition) is 3. The molecule has 88 valence electrons. The van der Waals surface area contributed by atoms with E-state index in [1.165, 1.54) is 64.8 Å². The van der Waals surface area contributed by atoms with E-state index in [1.54, 1.807) is 0 Å². The van der Waals surface area contributed by atoms with Gasteiger partial charge in [0.1, 0.15) is 0 Å². The first kappa shape index (κ1) is 11.4. The Kier molecular flexibility index (Phi) is 4.42. The summed E-state index contributed by atoms with van der Waals surface area (Å²) in [4.78, 5) is 5.20. The van der Waals surface area contributed by atoms with Crippen molar-refractivity contribution >= 4 is 0 Å². The second-order valence-electron chi connectivity index (χ2n) is 4.97. The molecule has 0 aliphatic carbocycles. The quantitative estimate of drug-likeness (QED) is 0.733. The molecule has 3 nitrogen and oxygen atoms in total. The molecule has 2 saturated heterocycles. The maximum Gasteiger partial charge on any atom is 0.0218 e. The van der Waals surface area contributed by atoms with Crippen molar-refractivity contribution in [2.75, 3.05) is 39.3 Å². The van der Waals surface area contributed by atoms with Gasteiger partial charge in [0.15, 0.2) is 0 Å². The number of rotatable bonds is 5. The third-order valence-electron chi connectivity index (χ3n) is 3.89. The number of nitrogens with zero attached hydrogens (tertiary/aromatic N) is 2. The summed E-state index contributed by atoms with van der Waals surface area (Å²) in [6.45, 7) is 7.36. The molecular weight excluding hydrogens is 186 g/mol. The fourth-order valence-corrected chi connectivity index (χ4v) is 2.96. The maximum atomic E-state index is 5.77. The van der Waals surface area contributed by atoms with Crippen molar-refractivity contribution in [2.45, 2.75) is 38.1 Å². The van der Waals surface area contributed by atoms with Crippen LogP contribution >= 0.6 is 0 Å². The Balaban J connectivity index is 1.60. The van der Waals surface area contributed by atoms with Crippen LogP contribution in [0.15, 0.2) is 0 Å². The third-order valence-corrected chi connectivity index (χ3v) is 3.89. The smallest absolute Gasteiger partial charge is 0.0218 e. The van der Waals surface area contributed by atoms with Gasteiger partial charge in [-0.05, 0) is 64.8 Å². The highest BCUT2D eigenvalue weighted by Gasteiger charge is 2.22.